The summed E-state index contributed by atoms with van der Waals surface area (Å²) in [7, 11) is 0. The molecule has 25 heavy (non-hydrogen) atoms. The standard InChI is InChI=1S/C19H25N3O3/c23-18(20-11-4-12-25-13-14-9-10-14)8-3-7-17-21-16-6-2-1-5-15(16)19(24)22-17/h1-2,5-6,14H,3-4,7-13H2,(H,20,23)(H,21,22,24). The van der Waals surface area contributed by atoms with Gasteiger partial charge in [0.05, 0.1) is 10.9 Å². The molecule has 0 unspecified atom stereocenters. The average molecular weight is 343 g/mol. The molecular weight excluding hydrogens is 318 g/mol. The van der Waals surface area contributed by atoms with Gasteiger partial charge in [-0.2, -0.15) is 0 Å². The van der Waals surface area contributed by atoms with Crippen LogP contribution in [0.3, 0.4) is 0 Å². The van der Waals surface area contributed by atoms with Crippen LogP contribution in [0, 0.1) is 5.92 Å². The molecule has 1 aromatic heterocycles. The fraction of sp³-hybridized carbons (Fsp3) is 0.526. The molecule has 0 atom stereocenters. The van der Waals surface area contributed by atoms with E-state index in [-0.39, 0.29) is 11.5 Å². The second kappa shape index (κ2) is 8.76. The largest absolute Gasteiger partial charge is 0.381 e. The fourth-order valence-corrected chi connectivity index (χ4v) is 2.69. The Morgan fingerprint density at radius 1 is 1.28 bits per heavy atom. The van der Waals surface area contributed by atoms with Gasteiger partial charge in [0, 0.05) is 32.6 Å². The SMILES string of the molecule is O=C(CCCc1nc2ccccc2c(=O)[nH]1)NCCCOCC1CC1. The lowest BCUT2D eigenvalue weighted by Crippen LogP contribution is -2.25. The number of carbonyl (C=O) groups excluding carboxylic acids is 1. The smallest absolute Gasteiger partial charge is 0.258 e. The van der Waals surface area contributed by atoms with E-state index in [1.54, 1.807) is 6.07 Å². The van der Waals surface area contributed by atoms with Crippen LogP contribution in [0.15, 0.2) is 29.1 Å². The van der Waals surface area contributed by atoms with Crippen molar-refractivity contribution in [3.63, 3.8) is 0 Å². The number of nitrogens with zero attached hydrogens (tertiary/aromatic N) is 1. The molecule has 1 fully saturated rings. The van der Waals surface area contributed by atoms with Crippen molar-refractivity contribution in [3.8, 4) is 0 Å². The molecule has 6 nitrogen and oxygen atoms in total. The van der Waals surface area contributed by atoms with Crippen LogP contribution in [0.1, 0.15) is 37.9 Å². The molecule has 6 heteroatoms. The van der Waals surface area contributed by atoms with Gasteiger partial charge in [0.1, 0.15) is 5.82 Å². The van der Waals surface area contributed by atoms with Gasteiger partial charge in [0.15, 0.2) is 0 Å². The van der Waals surface area contributed by atoms with Crippen LogP contribution in [0.2, 0.25) is 0 Å². The number of fused-ring (bicyclic) bond motifs is 1. The number of H-pyrrole nitrogens is 1. The van der Waals surface area contributed by atoms with Gasteiger partial charge in [-0.25, -0.2) is 4.98 Å². The number of amides is 1. The highest BCUT2D eigenvalue weighted by molar-refractivity contribution is 5.77. The molecule has 0 spiro atoms. The van der Waals surface area contributed by atoms with Crippen LogP contribution in [-0.2, 0) is 16.0 Å². The van der Waals surface area contributed by atoms with Crippen molar-refractivity contribution < 1.29 is 9.53 Å². The van der Waals surface area contributed by atoms with E-state index < -0.39 is 0 Å². The van der Waals surface area contributed by atoms with Gasteiger partial charge in [0.2, 0.25) is 5.91 Å². The van der Waals surface area contributed by atoms with Crippen molar-refractivity contribution in [2.24, 2.45) is 5.92 Å². The highest BCUT2D eigenvalue weighted by Crippen LogP contribution is 2.28. The lowest BCUT2D eigenvalue weighted by Gasteiger charge is -2.06. The minimum Gasteiger partial charge on any atom is -0.381 e. The number of hydrogen-bond donors (Lipinski definition) is 2. The van der Waals surface area contributed by atoms with E-state index in [0.717, 1.165) is 18.9 Å². The van der Waals surface area contributed by atoms with E-state index in [1.165, 1.54) is 12.8 Å². The summed E-state index contributed by atoms with van der Waals surface area (Å²) >= 11 is 0. The van der Waals surface area contributed by atoms with E-state index in [9.17, 15) is 9.59 Å². The molecule has 3 rings (SSSR count). The average Bonchev–Trinajstić information content (AvgIpc) is 3.42. The van der Waals surface area contributed by atoms with Gasteiger partial charge in [-0.15, -0.1) is 0 Å². The number of aryl methyl sites for hydroxylation is 1. The van der Waals surface area contributed by atoms with Gasteiger partial charge in [0.25, 0.3) is 5.56 Å². The van der Waals surface area contributed by atoms with Crippen LogP contribution < -0.4 is 10.9 Å². The molecule has 0 aliphatic heterocycles. The van der Waals surface area contributed by atoms with E-state index in [4.69, 9.17) is 4.74 Å². The fourth-order valence-electron chi connectivity index (χ4n) is 2.69. The molecule has 2 N–H and O–H groups in total. The number of ether oxygens (including phenoxy) is 1. The maximum atomic E-state index is 12.0. The van der Waals surface area contributed by atoms with Gasteiger partial charge < -0.3 is 15.0 Å². The monoisotopic (exact) mass is 343 g/mol. The maximum Gasteiger partial charge on any atom is 0.258 e. The zero-order chi connectivity index (χ0) is 17.5. The molecule has 1 amide bonds. The molecule has 0 bridgehead atoms. The van der Waals surface area contributed by atoms with Crippen LogP contribution >= 0.6 is 0 Å². The molecule has 1 aromatic carbocycles. The first-order chi connectivity index (χ1) is 12.2. The number of aromatic nitrogens is 2. The lowest BCUT2D eigenvalue weighted by molar-refractivity contribution is -0.121. The van der Waals surface area contributed by atoms with Gasteiger partial charge in [-0.05, 0) is 43.7 Å². The van der Waals surface area contributed by atoms with E-state index >= 15 is 0 Å². The topological polar surface area (TPSA) is 84.1 Å². The molecular formula is C19H25N3O3. The van der Waals surface area contributed by atoms with Crippen LogP contribution in [0.25, 0.3) is 10.9 Å². The summed E-state index contributed by atoms with van der Waals surface area (Å²) in [4.78, 5) is 31.0. The number of hydrogen-bond acceptors (Lipinski definition) is 4. The summed E-state index contributed by atoms with van der Waals surface area (Å²) in [6.07, 6.45) is 5.11. The first-order valence-corrected chi connectivity index (χ1v) is 9.05. The van der Waals surface area contributed by atoms with Crippen molar-refractivity contribution in [3.05, 3.63) is 40.4 Å². The van der Waals surface area contributed by atoms with Crippen molar-refractivity contribution >= 4 is 16.8 Å². The Bertz CT molecular complexity index is 768. The van der Waals surface area contributed by atoms with E-state index in [2.05, 4.69) is 15.3 Å². The van der Waals surface area contributed by atoms with E-state index in [1.807, 2.05) is 18.2 Å². The summed E-state index contributed by atoms with van der Waals surface area (Å²) < 4.78 is 5.53. The van der Waals surface area contributed by atoms with Gasteiger partial charge in [-0.3, -0.25) is 9.59 Å². The van der Waals surface area contributed by atoms with Gasteiger partial charge >= 0.3 is 0 Å². The number of para-hydroxylation sites is 1. The van der Waals surface area contributed by atoms with Crippen LogP contribution in [0.4, 0.5) is 0 Å². The second-order valence-corrected chi connectivity index (χ2v) is 6.61. The van der Waals surface area contributed by atoms with Crippen molar-refractivity contribution in [2.75, 3.05) is 19.8 Å². The zero-order valence-electron chi connectivity index (χ0n) is 14.4. The summed E-state index contributed by atoms with van der Waals surface area (Å²) in [6, 6.07) is 7.26. The molecule has 134 valence electrons. The summed E-state index contributed by atoms with van der Waals surface area (Å²) in [5.74, 6) is 1.44. The third-order valence-electron chi connectivity index (χ3n) is 4.32. The highest BCUT2D eigenvalue weighted by atomic mass is 16.5. The molecule has 1 aliphatic rings. The molecule has 1 aliphatic carbocycles. The summed E-state index contributed by atoms with van der Waals surface area (Å²) in [5, 5.41) is 3.49. The minimum atomic E-state index is -0.128. The number of benzene rings is 1. The number of aromatic amines is 1. The van der Waals surface area contributed by atoms with Crippen molar-refractivity contribution in [1.82, 2.24) is 15.3 Å². The van der Waals surface area contributed by atoms with Crippen LogP contribution in [0.5, 0.6) is 0 Å². The first-order valence-electron chi connectivity index (χ1n) is 9.05. The Balaban J connectivity index is 1.33. The van der Waals surface area contributed by atoms with E-state index in [0.29, 0.717) is 49.1 Å². The lowest BCUT2D eigenvalue weighted by atomic mass is 10.2. The molecule has 1 heterocycles. The summed E-state index contributed by atoms with van der Waals surface area (Å²) in [6.45, 7) is 2.22. The van der Waals surface area contributed by atoms with Crippen LogP contribution in [-0.4, -0.2) is 35.6 Å². The predicted octanol–water partition coefficient (Wildman–Crippen LogP) is 2.18. The minimum absolute atomic E-state index is 0.0327. The summed E-state index contributed by atoms with van der Waals surface area (Å²) in [5.41, 5.74) is 0.563. The Labute approximate surface area is 147 Å². The Morgan fingerprint density at radius 2 is 2.12 bits per heavy atom. The molecule has 0 radical (unpaired) electrons. The highest BCUT2D eigenvalue weighted by Gasteiger charge is 2.20. The molecule has 1 saturated carbocycles. The first kappa shape index (κ1) is 17.6. The van der Waals surface area contributed by atoms with Crippen molar-refractivity contribution in [2.45, 2.75) is 38.5 Å². The van der Waals surface area contributed by atoms with Crippen molar-refractivity contribution in [1.29, 1.82) is 0 Å². The maximum absolute atomic E-state index is 12.0. The quantitative estimate of drug-likeness (QED) is 0.648. The Morgan fingerprint density at radius 3 is 2.96 bits per heavy atom. The number of carbonyl (C=O) groups is 1. The number of rotatable bonds is 10. The van der Waals surface area contributed by atoms with Gasteiger partial charge in [-0.1, -0.05) is 12.1 Å². The Hall–Kier alpha value is -2.21. The second-order valence-electron chi connectivity index (χ2n) is 6.61. The Kier molecular flexibility index (Phi) is 6.17. The molecule has 2 aromatic rings. The predicted molar refractivity (Wildman–Crippen MR) is 96.5 cm³/mol. The number of nitrogens with one attached hydrogen (secondary N) is 2. The third-order valence-corrected chi connectivity index (χ3v) is 4.32. The normalized spacial score (nSPS) is 13.9. The third kappa shape index (κ3) is 5.67. The zero-order valence-corrected chi connectivity index (χ0v) is 14.4. The molecule has 0 saturated heterocycles.